The third-order valence-electron chi connectivity index (χ3n) is 8.21. The van der Waals surface area contributed by atoms with E-state index >= 15 is 0 Å². The van der Waals surface area contributed by atoms with Gasteiger partial charge in [-0.3, -0.25) is 9.59 Å². The lowest BCUT2D eigenvalue weighted by Crippen LogP contribution is -2.63. The second-order valence-electron chi connectivity index (χ2n) is 9.13. The molecule has 1 saturated heterocycles. The molecule has 1 amide bonds. The molecule has 0 radical (unpaired) electrons. The Labute approximate surface area is 139 Å². The average Bonchev–Trinajstić information content (AvgIpc) is 2.82. The van der Waals surface area contributed by atoms with Crippen molar-refractivity contribution in [2.24, 2.45) is 34.5 Å². The first-order valence-corrected chi connectivity index (χ1v) is 9.27. The van der Waals surface area contributed by atoms with Gasteiger partial charge in [-0.15, -0.1) is 0 Å². The van der Waals surface area contributed by atoms with Crippen molar-refractivity contribution in [2.75, 3.05) is 7.05 Å². The highest BCUT2D eigenvalue weighted by Crippen LogP contribution is 2.63. The molecule has 4 rings (SSSR count). The summed E-state index contributed by atoms with van der Waals surface area (Å²) in [5.41, 5.74) is 0.0651. The van der Waals surface area contributed by atoms with Crippen LogP contribution in [0, 0.1) is 34.5 Å². The molecule has 0 aromatic carbocycles. The molecule has 0 N–H and O–H groups in total. The Balaban J connectivity index is 1.73. The largest absolute Gasteiger partial charge is 0.342 e. The van der Waals surface area contributed by atoms with Gasteiger partial charge in [0.1, 0.15) is 0 Å². The van der Waals surface area contributed by atoms with Gasteiger partial charge in [0.05, 0.1) is 0 Å². The molecule has 126 valence electrons. The highest BCUT2D eigenvalue weighted by molar-refractivity contribution is 5.97. The number of carbonyl (C=O) groups excluding carboxylic acids is 2. The lowest BCUT2D eigenvalue weighted by molar-refractivity contribution is -0.164. The Bertz CT molecular complexity index is 596. The van der Waals surface area contributed by atoms with Crippen molar-refractivity contribution in [1.29, 1.82) is 0 Å². The van der Waals surface area contributed by atoms with Crippen molar-refractivity contribution in [3.63, 3.8) is 0 Å². The molecule has 3 fully saturated rings. The fourth-order valence-corrected chi connectivity index (χ4v) is 6.72. The summed E-state index contributed by atoms with van der Waals surface area (Å²) in [4.78, 5) is 26.7. The zero-order valence-electron chi connectivity index (χ0n) is 14.8. The Kier molecular flexibility index (Phi) is 3.15. The quantitative estimate of drug-likeness (QED) is 0.686. The first-order chi connectivity index (χ1) is 10.8. The van der Waals surface area contributed by atoms with Gasteiger partial charge in [-0.1, -0.05) is 26.8 Å². The SMILES string of the molecule is C[C@H]1C[C@H]2N(C)C(=O)CC[C@]2(C)[C@H]2CC[C@]3(C)C(=O)C=C[C@H]3[C@H]12. The van der Waals surface area contributed by atoms with Gasteiger partial charge in [0.25, 0.3) is 0 Å². The standard InChI is InChI=1S/C20H29NO2/c1-12-11-15-19(2,10-8-17(23)21(15)4)14-7-9-20(3)13(18(12)14)5-6-16(20)22/h5-6,12-15,18H,7-11H2,1-4H3/t12-,13-,14-,15+,18-,19+,20-/m0/s1. The molecule has 23 heavy (non-hydrogen) atoms. The number of piperidine rings is 1. The molecule has 0 bridgehead atoms. The number of ketones is 1. The molecule has 3 nitrogen and oxygen atoms in total. The molecule has 1 heterocycles. The summed E-state index contributed by atoms with van der Waals surface area (Å²) in [6, 6.07) is 0.380. The minimum Gasteiger partial charge on any atom is -0.342 e. The van der Waals surface area contributed by atoms with E-state index < -0.39 is 0 Å². The van der Waals surface area contributed by atoms with Gasteiger partial charge in [-0.2, -0.15) is 0 Å². The van der Waals surface area contributed by atoms with Gasteiger partial charge >= 0.3 is 0 Å². The van der Waals surface area contributed by atoms with Gasteiger partial charge in [-0.25, -0.2) is 0 Å². The van der Waals surface area contributed by atoms with Gasteiger partial charge < -0.3 is 4.90 Å². The molecule has 0 aromatic rings. The maximum absolute atomic E-state index is 12.4. The van der Waals surface area contributed by atoms with E-state index in [1.54, 1.807) is 0 Å². The zero-order valence-corrected chi connectivity index (χ0v) is 14.8. The van der Waals surface area contributed by atoms with Gasteiger partial charge in [0, 0.05) is 24.9 Å². The first kappa shape index (κ1) is 15.4. The van der Waals surface area contributed by atoms with Crippen LogP contribution in [0.1, 0.15) is 52.9 Å². The number of rotatable bonds is 0. The van der Waals surface area contributed by atoms with Crippen molar-refractivity contribution in [1.82, 2.24) is 4.90 Å². The minimum atomic E-state index is -0.158. The molecule has 3 aliphatic carbocycles. The van der Waals surface area contributed by atoms with Crippen LogP contribution in [-0.2, 0) is 9.59 Å². The maximum atomic E-state index is 12.4. The van der Waals surface area contributed by atoms with Crippen LogP contribution in [0.25, 0.3) is 0 Å². The summed E-state index contributed by atoms with van der Waals surface area (Å²) >= 11 is 0. The minimum absolute atomic E-state index is 0.158. The number of carbonyl (C=O) groups is 2. The van der Waals surface area contributed by atoms with Crippen LogP contribution in [0.15, 0.2) is 12.2 Å². The van der Waals surface area contributed by atoms with E-state index in [0.717, 1.165) is 25.7 Å². The van der Waals surface area contributed by atoms with Crippen molar-refractivity contribution in [3.8, 4) is 0 Å². The molecule has 2 saturated carbocycles. The monoisotopic (exact) mass is 315 g/mol. The van der Waals surface area contributed by atoms with Crippen molar-refractivity contribution < 1.29 is 9.59 Å². The Morgan fingerprint density at radius 2 is 1.96 bits per heavy atom. The molecule has 3 heteroatoms. The first-order valence-electron chi connectivity index (χ1n) is 9.27. The summed E-state index contributed by atoms with van der Waals surface area (Å²) in [5.74, 6) is 2.88. The van der Waals surface area contributed by atoms with E-state index in [0.29, 0.717) is 47.8 Å². The summed E-state index contributed by atoms with van der Waals surface area (Å²) in [6.45, 7) is 6.97. The number of hydrogen-bond acceptors (Lipinski definition) is 2. The van der Waals surface area contributed by atoms with Crippen LogP contribution in [0.3, 0.4) is 0 Å². The van der Waals surface area contributed by atoms with Crippen molar-refractivity contribution in [2.45, 2.75) is 58.9 Å². The Hall–Kier alpha value is -1.12. The van der Waals surface area contributed by atoms with Gasteiger partial charge in [0.15, 0.2) is 5.78 Å². The third-order valence-corrected chi connectivity index (χ3v) is 8.21. The smallest absolute Gasteiger partial charge is 0.222 e. The topological polar surface area (TPSA) is 37.4 Å². The van der Waals surface area contributed by atoms with Crippen LogP contribution in [0.4, 0.5) is 0 Å². The van der Waals surface area contributed by atoms with E-state index in [1.165, 1.54) is 0 Å². The fraction of sp³-hybridized carbons (Fsp3) is 0.800. The Morgan fingerprint density at radius 1 is 1.22 bits per heavy atom. The summed E-state index contributed by atoms with van der Waals surface area (Å²) in [6.07, 6.45) is 9.03. The van der Waals surface area contributed by atoms with E-state index in [1.807, 2.05) is 18.0 Å². The predicted octanol–water partition coefficient (Wildman–Crippen LogP) is 3.44. The number of likely N-dealkylation sites (tertiary alicyclic amines) is 1. The van der Waals surface area contributed by atoms with Gasteiger partial charge in [0.2, 0.25) is 5.91 Å². The maximum Gasteiger partial charge on any atom is 0.222 e. The summed E-state index contributed by atoms with van der Waals surface area (Å²) in [7, 11) is 2.00. The van der Waals surface area contributed by atoms with Crippen LogP contribution in [0.5, 0.6) is 0 Å². The van der Waals surface area contributed by atoms with E-state index in [4.69, 9.17) is 0 Å². The number of amides is 1. The second kappa shape index (κ2) is 4.70. The molecule has 4 aliphatic rings. The van der Waals surface area contributed by atoms with E-state index in [-0.39, 0.29) is 10.8 Å². The normalized spacial score (nSPS) is 52.2. The average molecular weight is 315 g/mol. The van der Waals surface area contributed by atoms with Gasteiger partial charge in [-0.05, 0) is 60.8 Å². The van der Waals surface area contributed by atoms with E-state index in [9.17, 15) is 9.59 Å². The van der Waals surface area contributed by atoms with Crippen molar-refractivity contribution in [3.05, 3.63) is 12.2 Å². The van der Waals surface area contributed by atoms with Crippen LogP contribution < -0.4 is 0 Å². The molecule has 0 aromatic heterocycles. The highest BCUT2D eigenvalue weighted by Gasteiger charge is 2.61. The molecular formula is C20H29NO2. The number of allylic oxidation sites excluding steroid dienone is 2. The third kappa shape index (κ3) is 1.82. The van der Waals surface area contributed by atoms with E-state index in [2.05, 4.69) is 26.8 Å². The molecule has 0 unspecified atom stereocenters. The number of hydrogen-bond donors (Lipinski definition) is 0. The Morgan fingerprint density at radius 3 is 2.70 bits per heavy atom. The lowest BCUT2D eigenvalue weighted by atomic mass is 9.45. The molecule has 0 spiro atoms. The molecule has 1 aliphatic heterocycles. The second-order valence-corrected chi connectivity index (χ2v) is 9.13. The lowest BCUT2D eigenvalue weighted by Gasteiger charge is -2.62. The van der Waals surface area contributed by atoms with Crippen LogP contribution in [-0.4, -0.2) is 29.7 Å². The van der Waals surface area contributed by atoms with Crippen molar-refractivity contribution >= 4 is 11.7 Å². The zero-order chi connectivity index (χ0) is 16.6. The molecular weight excluding hydrogens is 286 g/mol. The highest BCUT2D eigenvalue weighted by atomic mass is 16.2. The predicted molar refractivity (Wildman–Crippen MR) is 89.6 cm³/mol. The molecule has 7 atom stereocenters. The summed E-state index contributed by atoms with van der Waals surface area (Å²) in [5, 5.41) is 0. The van der Waals surface area contributed by atoms with Crippen LogP contribution in [0.2, 0.25) is 0 Å². The number of fused-ring (bicyclic) bond motifs is 5. The van der Waals surface area contributed by atoms with Crippen LogP contribution >= 0.6 is 0 Å². The fourth-order valence-electron chi connectivity index (χ4n) is 6.72. The summed E-state index contributed by atoms with van der Waals surface area (Å²) < 4.78 is 0. The number of nitrogens with zero attached hydrogens (tertiary/aromatic N) is 1.